The molecular formula is C27H28Br2ClN2+. The first-order valence-electron chi connectivity index (χ1n) is 10.7. The molecule has 0 saturated carbocycles. The molecule has 0 bridgehead atoms. The maximum absolute atomic E-state index is 6.66. The number of rotatable bonds is 3. The van der Waals surface area contributed by atoms with Gasteiger partial charge in [0, 0.05) is 55.5 Å². The molecule has 2 aromatic rings. The third kappa shape index (κ3) is 3.85. The van der Waals surface area contributed by atoms with E-state index in [9.17, 15) is 0 Å². The average molecular weight is 576 g/mol. The summed E-state index contributed by atoms with van der Waals surface area (Å²) in [6, 6.07) is 12.9. The molecule has 5 heteroatoms. The fourth-order valence-corrected chi connectivity index (χ4v) is 5.84. The van der Waals surface area contributed by atoms with Crippen LogP contribution in [-0.2, 0) is 10.8 Å². The molecule has 2 aliphatic rings. The Hall–Kier alpha value is -1.62. The van der Waals surface area contributed by atoms with Crippen LogP contribution in [0.25, 0.3) is 0 Å². The van der Waals surface area contributed by atoms with Gasteiger partial charge in [0.1, 0.15) is 7.05 Å². The highest BCUT2D eigenvalue weighted by Crippen LogP contribution is 2.47. The zero-order valence-corrected chi connectivity index (χ0v) is 23.2. The Bertz CT molecular complexity index is 1230. The lowest BCUT2D eigenvalue weighted by Crippen LogP contribution is -2.26. The monoisotopic (exact) mass is 573 g/mol. The zero-order valence-electron chi connectivity index (χ0n) is 19.3. The highest BCUT2D eigenvalue weighted by atomic mass is 79.9. The van der Waals surface area contributed by atoms with Crippen LogP contribution >= 0.6 is 43.5 Å². The number of hydrogen-bond acceptors (Lipinski definition) is 1. The molecular weight excluding hydrogens is 548 g/mol. The van der Waals surface area contributed by atoms with E-state index in [1.807, 2.05) is 12.2 Å². The summed E-state index contributed by atoms with van der Waals surface area (Å²) in [5.74, 6) is 0. The van der Waals surface area contributed by atoms with Gasteiger partial charge in [0.2, 0.25) is 5.69 Å². The van der Waals surface area contributed by atoms with E-state index in [0.29, 0.717) is 5.03 Å². The quantitative estimate of drug-likeness (QED) is 0.264. The Balaban J connectivity index is 1.63. The Morgan fingerprint density at radius 1 is 0.969 bits per heavy atom. The third-order valence-electron chi connectivity index (χ3n) is 6.79. The molecule has 0 amide bonds. The lowest BCUT2D eigenvalue weighted by molar-refractivity contribution is -0.401. The van der Waals surface area contributed by atoms with Crippen LogP contribution in [0, 0.1) is 0 Å². The zero-order chi connectivity index (χ0) is 23.4. The third-order valence-corrected chi connectivity index (χ3v) is 8.03. The number of allylic oxidation sites excluding steroid dienone is 6. The van der Waals surface area contributed by atoms with Crippen molar-refractivity contribution in [2.75, 3.05) is 19.0 Å². The maximum Gasteiger partial charge on any atom is 0.209 e. The summed E-state index contributed by atoms with van der Waals surface area (Å²) < 4.78 is 4.45. The molecule has 0 N–H and O–H groups in total. The second-order valence-electron chi connectivity index (χ2n) is 9.51. The molecule has 2 aromatic carbocycles. The fraction of sp³-hybridized carbons (Fsp3) is 0.296. The first kappa shape index (κ1) is 23.5. The van der Waals surface area contributed by atoms with Gasteiger partial charge in [-0.2, -0.15) is 4.58 Å². The van der Waals surface area contributed by atoms with E-state index >= 15 is 0 Å². The van der Waals surface area contributed by atoms with E-state index in [-0.39, 0.29) is 10.8 Å². The molecule has 0 fully saturated rings. The van der Waals surface area contributed by atoms with Gasteiger partial charge in [-0.15, -0.1) is 0 Å². The summed E-state index contributed by atoms with van der Waals surface area (Å²) >= 11 is 13.9. The van der Waals surface area contributed by atoms with E-state index in [2.05, 4.69) is 132 Å². The second-order valence-corrected chi connectivity index (χ2v) is 11.8. The summed E-state index contributed by atoms with van der Waals surface area (Å²) in [6.45, 7) is 9.03. The first-order chi connectivity index (χ1) is 14.9. The van der Waals surface area contributed by atoms with Gasteiger partial charge in [0.25, 0.3) is 0 Å². The first-order valence-corrected chi connectivity index (χ1v) is 12.6. The fourth-order valence-electron chi connectivity index (χ4n) is 4.99. The van der Waals surface area contributed by atoms with Crippen molar-refractivity contribution < 1.29 is 4.58 Å². The summed E-state index contributed by atoms with van der Waals surface area (Å²) in [5.41, 5.74) is 7.35. The van der Waals surface area contributed by atoms with Crippen molar-refractivity contribution >= 4 is 60.5 Å². The van der Waals surface area contributed by atoms with Crippen LogP contribution in [0.5, 0.6) is 0 Å². The van der Waals surface area contributed by atoms with Crippen LogP contribution in [0.2, 0.25) is 0 Å². The normalized spacial score (nSPS) is 20.5. The lowest BCUT2D eigenvalue weighted by atomic mass is 9.81. The van der Waals surface area contributed by atoms with Gasteiger partial charge in [0.05, 0.1) is 5.41 Å². The smallest absolute Gasteiger partial charge is 0.209 e. The van der Waals surface area contributed by atoms with Gasteiger partial charge >= 0.3 is 0 Å². The second kappa shape index (κ2) is 8.30. The average Bonchev–Trinajstić information content (AvgIpc) is 3.02. The summed E-state index contributed by atoms with van der Waals surface area (Å²) in [5, 5.41) is 0.702. The van der Waals surface area contributed by atoms with Crippen molar-refractivity contribution in [2.24, 2.45) is 0 Å². The molecule has 0 aliphatic carbocycles. The van der Waals surface area contributed by atoms with Gasteiger partial charge in [-0.05, 0) is 68.0 Å². The molecule has 0 unspecified atom stereocenters. The van der Waals surface area contributed by atoms with Gasteiger partial charge in [0.15, 0.2) is 5.71 Å². The van der Waals surface area contributed by atoms with Crippen LogP contribution < -0.4 is 4.90 Å². The Labute approximate surface area is 213 Å². The predicted molar refractivity (Wildman–Crippen MR) is 145 cm³/mol. The number of anilines is 1. The van der Waals surface area contributed by atoms with Crippen LogP contribution in [0.3, 0.4) is 0 Å². The summed E-state index contributed by atoms with van der Waals surface area (Å²) in [7, 11) is 4.23. The lowest BCUT2D eigenvalue weighted by Gasteiger charge is -2.23. The van der Waals surface area contributed by atoms with E-state index < -0.39 is 0 Å². The van der Waals surface area contributed by atoms with Crippen LogP contribution in [-0.4, -0.2) is 24.4 Å². The Morgan fingerprint density at radius 3 is 2.28 bits per heavy atom. The van der Waals surface area contributed by atoms with E-state index in [1.54, 1.807) is 0 Å². The molecule has 0 saturated heterocycles. The van der Waals surface area contributed by atoms with Crippen LogP contribution in [0.1, 0.15) is 38.8 Å². The summed E-state index contributed by atoms with van der Waals surface area (Å²) in [4.78, 5) is 2.25. The van der Waals surface area contributed by atoms with Crippen molar-refractivity contribution in [3.63, 3.8) is 0 Å². The molecule has 32 heavy (non-hydrogen) atoms. The predicted octanol–water partition coefficient (Wildman–Crippen LogP) is 8.21. The maximum atomic E-state index is 6.66. The molecule has 166 valence electrons. The van der Waals surface area contributed by atoms with Crippen molar-refractivity contribution in [1.29, 1.82) is 0 Å². The largest absolute Gasteiger partial charge is 0.347 e. The number of hydrogen-bond donors (Lipinski definition) is 0. The molecule has 0 spiro atoms. The van der Waals surface area contributed by atoms with E-state index in [4.69, 9.17) is 11.6 Å². The summed E-state index contributed by atoms with van der Waals surface area (Å²) in [6.07, 6.45) is 8.28. The van der Waals surface area contributed by atoms with E-state index in [0.717, 1.165) is 8.95 Å². The highest BCUT2D eigenvalue weighted by molar-refractivity contribution is 9.10. The molecule has 2 aliphatic heterocycles. The van der Waals surface area contributed by atoms with Gasteiger partial charge in [-0.25, -0.2) is 0 Å². The van der Waals surface area contributed by atoms with Gasteiger partial charge < -0.3 is 4.90 Å². The van der Waals surface area contributed by atoms with E-state index in [1.165, 1.54) is 33.9 Å². The minimum absolute atomic E-state index is 0.0946. The Kier molecular flexibility index (Phi) is 6.11. The molecule has 2 nitrogen and oxygen atoms in total. The van der Waals surface area contributed by atoms with Crippen LogP contribution in [0.4, 0.5) is 11.4 Å². The highest BCUT2D eigenvalue weighted by Gasteiger charge is 2.43. The van der Waals surface area contributed by atoms with Crippen molar-refractivity contribution in [1.82, 2.24) is 0 Å². The number of benzene rings is 2. The van der Waals surface area contributed by atoms with Gasteiger partial charge in [-0.3, -0.25) is 0 Å². The minimum Gasteiger partial charge on any atom is -0.347 e. The van der Waals surface area contributed by atoms with Crippen molar-refractivity contribution in [3.8, 4) is 0 Å². The van der Waals surface area contributed by atoms with Crippen molar-refractivity contribution in [2.45, 2.75) is 38.5 Å². The topological polar surface area (TPSA) is 6.25 Å². The SMILES string of the molecule is CN1/C(=C/C=C(Cl)/C=C/C2=[N+](C)c3ccc(Br)cc3C2(C)C)C(C)(C)c2cc(Br)ccc21. The van der Waals surface area contributed by atoms with Crippen molar-refractivity contribution in [3.05, 3.63) is 91.5 Å². The molecule has 0 atom stereocenters. The number of nitrogens with zero attached hydrogens (tertiary/aromatic N) is 2. The van der Waals surface area contributed by atoms with Crippen LogP contribution in [0.15, 0.2) is 80.4 Å². The molecule has 2 heterocycles. The number of fused-ring (bicyclic) bond motifs is 2. The number of halogens is 3. The number of likely N-dealkylation sites (N-methyl/N-ethyl adjacent to an activating group) is 1. The Morgan fingerprint density at radius 2 is 1.59 bits per heavy atom. The standard InChI is InChI=1S/C27H28Br2ClN2/c1-26(2)20-15-17(28)7-11-22(20)31(5)24(26)13-9-19(30)10-14-25-27(3,4)21-16-18(29)8-12-23(21)32(25)6/h7-16H,1-6H3/q+1. The van der Waals surface area contributed by atoms with Gasteiger partial charge in [-0.1, -0.05) is 57.3 Å². The molecule has 4 rings (SSSR count). The molecule has 0 radical (unpaired) electrons. The minimum atomic E-state index is -0.0946. The molecule has 0 aromatic heterocycles.